The minimum atomic E-state index is -1.01. The van der Waals surface area contributed by atoms with Crippen LogP contribution in [0.3, 0.4) is 0 Å². The van der Waals surface area contributed by atoms with Crippen molar-refractivity contribution < 1.29 is 14.6 Å². The van der Waals surface area contributed by atoms with Gasteiger partial charge in [-0.3, -0.25) is 0 Å². The van der Waals surface area contributed by atoms with Gasteiger partial charge in [-0.2, -0.15) is 9.78 Å². The molecule has 0 fully saturated rings. The maximum Gasteiger partial charge on any atom is 0.335 e. The van der Waals surface area contributed by atoms with E-state index in [1.165, 1.54) is 23.9 Å². The highest BCUT2D eigenvalue weighted by Gasteiger charge is 2.16. The number of likely N-dealkylation sites (N-methyl/N-ethyl adjacent to an activating group) is 1. The summed E-state index contributed by atoms with van der Waals surface area (Å²) in [5.74, 6) is -0.0156. The number of carbonyl (C=O) groups is 1. The van der Waals surface area contributed by atoms with E-state index in [1.54, 1.807) is 10.9 Å². The molecular formula is C21H24N4O3. The van der Waals surface area contributed by atoms with Crippen molar-refractivity contribution in [3.05, 3.63) is 71.0 Å². The van der Waals surface area contributed by atoms with E-state index < -0.39 is 5.97 Å². The number of hydrogen-bond donors (Lipinski definition) is 1. The molecular weight excluding hydrogens is 356 g/mol. The molecule has 0 radical (unpaired) electrons. The molecule has 3 rings (SSSR count). The summed E-state index contributed by atoms with van der Waals surface area (Å²) in [6, 6.07) is 11.1. The van der Waals surface area contributed by atoms with Crippen LogP contribution in [0.5, 0.6) is 5.88 Å². The molecule has 7 nitrogen and oxygen atoms in total. The fourth-order valence-corrected chi connectivity index (χ4v) is 2.71. The highest BCUT2D eigenvalue weighted by atomic mass is 16.5. The van der Waals surface area contributed by atoms with Gasteiger partial charge >= 0.3 is 5.97 Å². The topological polar surface area (TPSA) is 80.5 Å². The number of aryl methyl sites for hydroxylation is 1. The summed E-state index contributed by atoms with van der Waals surface area (Å²) in [7, 11) is 4.02. The molecule has 0 unspecified atom stereocenters. The van der Waals surface area contributed by atoms with Gasteiger partial charge in [-0.1, -0.05) is 29.8 Å². The third kappa shape index (κ3) is 4.75. The van der Waals surface area contributed by atoms with Gasteiger partial charge < -0.3 is 14.7 Å². The number of hydrogen-bond acceptors (Lipinski definition) is 5. The molecule has 7 heteroatoms. The number of aromatic carboxylic acids is 1. The first-order valence-electron chi connectivity index (χ1n) is 9.03. The molecule has 28 heavy (non-hydrogen) atoms. The van der Waals surface area contributed by atoms with Crippen LogP contribution in [0.4, 0.5) is 0 Å². The van der Waals surface area contributed by atoms with Crippen LogP contribution in [-0.4, -0.2) is 51.4 Å². The summed E-state index contributed by atoms with van der Waals surface area (Å²) in [5, 5.41) is 13.7. The molecule has 0 bridgehead atoms. The smallest absolute Gasteiger partial charge is 0.335 e. The summed E-state index contributed by atoms with van der Waals surface area (Å²) in [4.78, 5) is 17.7. The Bertz CT molecular complexity index is 949. The number of carboxylic acids is 1. The van der Waals surface area contributed by atoms with Crippen LogP contribution in [0.15, 0.2) is 48.8 Å². The molecule has 0 saturated heterocycles. The fraction of sp³-hybridized carbons (Fsp3) is 0.286. The van der Waals surface area contributed by atoms with Crippen LogP contribution >= 0.6 is 0 Å². The highest BCUT2D eigenvalue weighted by molar-refractivity contribution is 5.87. The standard InChI is InChI=1S/C21H24N4O3/c1-15-4-6-16(7-5-15)14-28-20-18(9-11-24(2)3)13-23-25(20)19-12-17(21(26)27)8-10-22-19/h4-8,10,12-13H,9,11,14H2,1-3H3,(H,26,27). The van der Waals surface area contributed by atoms with E-state index in [0.29, 0.717) is 18.3 Å². The number of aromatic nitrogens is 3. The van der Waals surface area contributed by atoms with E-state index in [2.05, 4.69) is 15.0 Å². The Kier molecular flexibility index (Phi) is 6.06. The first-order chi connectivity index (χ1) is 13.4. The van der Waals surface area contributed by atoms with Crippen molar-refractivity contribution in [1.82, 2.24) is 19.7 Å². The highest BCUT2D eigenvalue weighted by Crippen LogP contribution is 2.24. The zero-order valence-electron chi connectivity index (χ0n) is 16.3. The van der Waals surface area contributed by atoms with Gasteiger partial charge in [-0.25, -0.2) is 9.78 Å². The van der Waals surface area contributed by atoms with Crippen molar-refractivity contribution in [3.63, 3.8) is 0 Å². The predicted molar refractivity (Wildman–Crippen MR) is 106 cm³/mol. The molecule has 0 atom stereocenters. The zero-order chi connectivity index (χ0) is 20.1. The fourth-order valence-electron chi connectivity index (χ4n) is 2.71. The number of carboxylic acid groups (broad SMARTS) is 1. The zero-order valence-corrected chi connectivity index (χ0v) is 16.3. The molecule has 0 spiro atoms. The molecule has 0 saturated carbocycles. The third-order valence-electron chi connectivity index (χ3n) is 4.33. The lowest BCUT2D eigenvalue weighted by Gasteiger charge is -2.13. The van der Waals surface area contributed by atoms with Crippen molar-refractivity contribution in [2.45, 2.75) is 20.0 Å². The SMILES string of the molecule is Cc1ccc(COc2c(CCN(C)C)cnn2-c2cc(C(=O)O)ccn2)cc1. The first kappa shape index (κ1) is 19.6. The second-order valence-corrected chi connectivity index (χ2v) is 6.92. The molecule has 2 heterocycles. The lowest BCUT2D eigenvalue weighted by molar-refractivity contribution is 0.0696. The van der Waals surface area contributed by atoms with Crippen LogP contribution in [0.2, 0.25) is 0 Å². The predicted octanol–water partition coefficient (Wildman–Crippen LogP) is 2.96. The van der Waals surface area contributed by atoms with Gasteiger partial charge in [0, 0.05) is 18.3 Å². The average molecular weight is 380 g/mol. The Morgan fingerprint density at radius 3 is 2.64 bits per heavy atom. The Morgan fingerprint density at radius 2 is 1.96 bits per heavy atom. The van der Waals surface area contributed by atoms with Crippen LogP contribution in [0.1, 0.15) is 27.0 Å². The lowest BCUT2D eigenvalue weighted by atomic mass is 10.2. The second kappa shape index (κ2) is 8.67. The number of rotatable bonds is 8. The second-order valence-electron chi connectivity index (χ2n) is 6.92. The van der Waals surface area contributed by atoms with Crippen LogP contribution in [-0.2, 0) is 13.0 Å². The van der Waals surface area contributed by atoms with E-state index in [0.717, 1.165) is 24.1 Å². The number of nitrogens with zero attached hydrogens (tertiary/aromatic N) is 4. The normalized spacial score (nSPS) is 11.0. The lowest BCUT2D eigenvalue weighted by Crippen LogP contribution is -2.15. The molecule has 3 aromatic rings. The molecule has 146 valence electrons. The minimum absolute atomic E-state index is 0.153. The van der Waals surface area contributed by atoms with Crippen molar-refractivity contribution in [2.24, 2.45) is 0 Å². The summed E-state index contributed by atoms with van der Waals surface area (Å²) < 4.78 is 7.68. The van der Waals surface area contributed by atoms with Crippen LogP contribution < -0.4 is 4.74 Å². The van der Waals surface area contributed by atoms with Crippen LogP contribution in [0, 0.1) is 6.92 Å². The van der Waals surface area contributed by atoms with E-state index in [-0.39, 0.29) is 5.56 Å². The van der Waals surface area contributed by atoms with Gasteiger partial charge in [-0.15, -0.1) is 0 Å². The molecule has 0 aliphatic rings. The molecule has 1 aromatic carbocycles. The van der Waals surface area contributed by atoms with E-state index in [4.69, 9.17) is 4.74 Å². The molecule has 0 aliphatic carbocycles. The van der Waals surface area contributed by atoms with Gasteiger partial charge in [0.25, 0.3) is 0 Å². The van der Waals surface area contributed by atoms with E-state index >= 15 is 0 Å². The molecule has 0 amide bonds. The van der Waals surface area contributed by atoms with E-state index in [9.17, 15) is 9.90 Å². The maximum atomic E-state index is 11.3. The summed E-state index contributed by atoms with van der Waals surface area (Å²) in [6.45, 7) is 3.27. The Hall–Kier alpha value is -3.19. The van der Waals surface area contributed by atoms with Crippen molar-refractivity contribution >= 4 is 5.97 Å². The Labute approximate surface area is 164 Å². The first-order valence-corrected chi connectivity index (χ1v) is 9.03. The molecule has 2 aromatic heterocycles. The van der Waals surface area contributed by atoms with Crippen molar-refractivity contribution in [1.29, 1.82) is 0 Å². The number of ether oxygens (including phenoxy) is 1. The van der Waals surface area contributed by atoms with E-state index in [1.807, 2.05) is 45.3 Å². The average Bonchev–Trinajstić information content (AvgIpc) is 3.09. The van der Waals surface area contributed by atoms with Crippen molar-refractivity contribution in [2.75, 3.05) is 20.6 Å². The summed E-state index contributed by atoms with van der Waals surface area (Å²) >= 11 is 0. The molecule has 1 N–H and O–H groups in total. The number of pyridine rings is 1. The van der Waals surface area contributed by atoms with Crippen molar-refractivity contribution in [3.8, 4) is 11.7 Å². The van der Waals surface area contributed by atoms with Gasteiger partial charge in [0.05, 0.1) is 11.8 Å². The Balaban J connectivity index is 1.91. The minimum Gasteiger partial charge on any atom is -0.478 e. The van der Waals surface area contributed by atoms with Gasteiger partial charge in [0.15, 0.2) is 5.82 Å². The number of benzene rings is 1. The Morgan fingerprint density at radius 1 is 1.21 bits per heavy atom. The summed E-state index contributed by atoms with van der Waals surface area (Å²) in [5.41, 5.74) is 3.34. The largest absolute Gasteiger partial charge is 0.478 e. The molecule has 0 aliphatic heterocycles. The summed E-state index contributed by atoms with van der Waals surface area (Å²) in [6.07, 6.45) is 3.97. The van der Waals surface area contributed by atoms with Gasteiger partial charge in [0.1, 0.15) is 6.61 Å². The quantitative estimate of drug-likeness (QED) is 0.647. The third-order valence-corrected chi connectivity index (χ3v) is 4.33. The monoisotopic (exact) mass is 380 g/mol. The van der Waals surface area contributed by atoms with Gasteiger partial charge in [0.2, 0.25) is 5.88 Å². The maximum absolute atomic E-state index is 11.3. The van der Waals surface area contributed by atoms with Gasteiger partial charge in [-0.05, 0) is 45.1 Å². The van der Waals surface area contributed by atoms with Crippen LogP contribution in [0.25, 0.3) is 5.82 Å².